The first-order valence-corrected chi connectivity index (χ1v) is 8.72. The number of nitrogens with zero attached hydrogens (tertiary/aromatic N) is 3. The van der Waals surface area contributed by atoms with Gasteiger partial charge in [0.2, 0.25) is 5.91 Å². The number of carbonyl (C=O) groups is 2. The van der Waals surface area contributed by atoms with E-state index in [1.165, 1.54) is 12.8 Å². The maximum atomic E-state index is 12.9. The molecule has 6 heteroatoms. The number of hydrogen-bond donors (Lipinski definition) is 1. The summed E-state index contributed by atoms with van der Waals surface area (Å²) in [5.74, 6) is 1.53. The van der Waals surface area contributed by atoms with Crippen LogP contribution in [0, 0.1) is 5.92 Å². The second kappa shape index (κ2) is 5.35. The maximum absolute atomic E-state index is 12.9. The van der Waals surface area contributed by atoms with E-state index in [0.29, 0.717) is 23.9 Å². The molecule has 3 aliphatic rings. The van der Waals surface area contributed by atoms with Gasteiger partial charge in [0.1, 0.15) is 18.1 Å². The Morgan fingerprint density at radius 1 is 1.30 bits per heavy atom. The minimum Gasteiger partial charge on any atom is -0.364 e. The van der Waals surface area contributed by atoms with Gasteiger partial charge in [0, 0.05) is 24.2 Å². The molecule has 0 aliphatic heterocycles. The fourth-order valence-electron chi connectivity index (χ4n) is 3.49. The van der Waals surface area contributed by atoms with Crippen molar-refractivity contribution in [2.45, 2.75) is 70.0 Å². The van der Waals surface area contributed by atoms with Gasteiger partial charge in [-0.3, -0.25) is 9.59 Å². The number of nitrogens with two attached hydrogens (primary N) is 1. The molecule has 3 fully saturated rings. The molecule has 1 aromatic heterocycles. The number of amides is 2. The van der Waals surface area contributed by atoms with Crippen molar-refractivity contribution in [3.63, 3.8) is 0 Å². The van der Waals surface area contributed by atoms with Crippen molar-refractivity contribution >= 4 is 11.8 Å². The number of carbonyl (C=O) groups excluding carboxylic acids is 2. The van der Waals surface area contributed by atoms with E-state index < -0.39 is 5.91 Å². The molecule has 3 saturated carbocycles. The minimum atomic E-state index is -0.525. The topological polar surface area (TPSA) is 81.2 Å². The summed E-state index contributed by atoms with van der Waals surface area (Å²) in [6, 6.07) is 0.750. The third kappa shape index (κ3) is 2.99. The zero-order valence-electron chi connectivity index (χ0n) is 13.6. The molecule has 0 bridgehead atoms. The molecule has 1 heterocycles. The Bertz CT molecular complexity index is 641. The van der Waals surface area contributed by atoms with Crippen LogP contribution < -0.4 is 5.73 Å². The molecule has 0 spiro atoms. The SMILES string of the molecule is CC(C1CC1)N(C(=O)Cn1cc(C(N)=O)nc1C1CC1)C1CC1. The third-order valence-corrected chi connectivity index (χ3v) is 5.28. The number of imidazole rings is 1. The summed E-state index contributed by atoms with van der Waals surface area (Å²) >= 11 is 0. The van der Waals surface area contributed by atoms with E-state index in [1.807, 2.05) is 4.57 Å². The summed E-state index contributed by atoms with van der Waals surface area (Å²) in [6.07, 6.45) is 8.52. The highest BCUT2D eigenvalue weighted by molar-refractivity contribution is 5.90. The van der Waals surface area contributed by atoms with Crippen LogP contribution in [0.2, 0.25) is 0 Å². The van der Waals surface area contributed by atoms with E-state index >= 15 is 0 Å². The molecule has 4 rings (SSSR count). The first-order valence-electron chi connectivity index (χ1n) is 8.72. The Kier molecular flexibility index (Phi) is 3.43. The predicted octanol–water partition coefficient (Wildman–Crippen LogP) is 1.65. The fourth-order valence-corrected chi connectivity index (χ4v) is 3.49. The Labute approximate surface area is 136 Å². The van der Waals surface area contributed by atoms with Gasteiger partial charge < -0.3 is 15.2 Å². The van der Waals surface area contributed by atoms with Crippen LogP contribution in [0.5, 0.6) is 0 Å². The lowest BCUT2D eigenvalue weighted by molar-refractivity contribution is -0.135. The average Bonchev–Trinajstić information content (AvgIpc) is 3.34. The first kappa shape index (κ1) is 14.7. The number of primary amides is 1. The summed E-state index contributed by atoms with van der Waals surface area (Å²) in [7, 11) is 0. The Morgan fingerprint density at radius 2 is 2.00 bits per heavy atom. The fraction of sp³-hybridized carbons (Fsp3) is 0.706. The molecule has 0 aromatic carbocycles. The van der Waals surface area contributed by atoms with Crippen LogP contribution in [0.15, 0.2) is 6.20 Å². The first-order chi connectivity index (χ1) is 11.0. The summed E-state index contributed by atoms with van der Waals surface area (Å²) in [4.78, 5) is 30.8. The largest absolute Gasteiger partial charge is 0.364 e. The van der Waals surface area contributed by atoms with Gasteiger partial charge in [-0.15, -0.1) is 0 Å². The van der Waals surface area contributed by atoms with Crippen LogP contribution in [0.4, 0.5) is 0 Å². The minimum absolute atomic E-state index is 0.155. The van der Waals surface area contributed by atoms with Crippen LogP contribution >= 0.6 is 0 Å². The lowest BCUT2D eigenvalue weighted by Gasteiger charge is -2.30. The summed E-state index contributed by atoms with van der Waals surface area (Å²) in [6.45, 7) is 2.46. The molecule has 1 aromatic rings. The molecule has 23 heavy (non-hydrogen) atoms. The van der Waals surface area contributed by atoms with Crippen LogP contribution in [-0.4, -0.2) is 38.3 Å². The van der Waals surface area contributed by atoms with E-state index in [0.717, 1.165) is 31.5 Å². The van der Waals surface area contributed by atoms with Gasteiger partial charge in [0.05, 0.1) is 0 Å². The van der Waals surface area contributed by atoms with E-state index in [9.17, 15) is 9.59 Å². The second-order valence-electron chi connectivity index (χ2n) is 7.36. The molecular weight excluding hydrogens is 292 g/mol. The predicted molar refractivity (Wildman–Crippen MR) is 84.8 cm³/mol. The lowest BCUT2D eigenvalue weighted by atomic mass is 10.1. The van der Waals surface area contributed by atoms with E-state index in [-0.39, 0.29) is 18.1 Å². The summed E-state index contributed by atoms with van der Waals surface area (Å²) in [5, 5.41) is 0. The van der Waals surface area contributed by atoms with Gasteiger partial charge in [-0.1, -0.05) is 0 Å². The monoisotopic (exact) mass is 316 g/mol. The van der Waals surface area contributed by atoms with Gasteiger partial charge in [-0.2, -0.15) is 0 Å². The molecule has 1 unspecified atom stereocenters. The van der Waals surface area contributed by atoms with Gasteiger partial charge in [-0.25, -0.2) is 4.98 Å². The normalized spacial score (nSPS) is 22.0. The van der Waals surface area contributed by atoms with Crippen molar-refractivity contribution in [3.05, 3.63) is 17.7 Å². The standard InChI is InChI=1S/C17H24N4O2/c1-10(11-2-3-11)21(13-6-7-13)15(22)9-20-8-14(16(18)23)19-17(20)12-4-5-12/h8,10-13H,2-7,9H2,1H3,(H2,18,23). The molecule has 2 N–H and O–H groups in total. The Balaban J connectivity index is 1.54. The second-order valence-corrected chi connectivity index (χ2v) is 7.36. The van der Waals surface area contributed by atoms with Gasteiger partial charge in [-0.05, 0) is 51.4 Å². The van der Waals surface area contributed by atoms with Crippen LogP contribution in [-0.2, 0) is 11.3 Å². The zero-order valence-corrected chi connectivity index (χ0v) is 13.6. The summed E-state index contributed by atoms with van der Waals surface area (Å²) < 4.78 is 1.86. The van der Waals surface area contributed by atoms with Gasteiger partial charge >= 0.3 is 0 Å². The number of rotatable bonds is 7. The van der Waals surface area contributed by atoms with Crippen molar-refractivity contribution in [2.75, 3.05) is 0 Å². The molecule has 0 saturated heterocycles. The van der Waals surface area contributed by atoms with Crippen molar-refractivity contribution in [1.82, 2.24) is 14.5 Å². The molecule has 6 nitrogen and oxygen atoms in total. The lowest BCUT2D eigenvalue weighted by Crippen LogP contribution is -2.43. The van der Waals surface area contributed by atoms with Crippen LogP contribution in [0.25, 0.3) is 0 Å². The van der Waals surface area contributed by atoms with E-state index in [1.54, 1.807) is 6.20 Å². The van der Waals surface area contributed by atoms with Crippen molar-refractivity contribution in [1.29, 1.82) is 0 Å². The van der Waals surface area contributed by atoms with E-state index in [4.69, 9.17) is 5.73 Å². The van der Waals surface area contributed by atoms with E-state index in [2.05, 4.69) is 16.8 Å². The van der Waals surface area contributed by atoms with Crippen LogP contribution in [0.1, 0.15) is 67.7 Å². The van der Waals surface area contributed by atoms with Crippen molar-refractivity contribution in [2.24, 2.45) is 11.7 Å². The zero-order chi connectivity index (χ0) is 16.1. The number of aromatic nitrogens is 2. The molecule has 3 aliphatic carbocycles. The quantitative estimate of drug-likeness (QED) is 0.830. The molecule has 1 atom stereocenters. The average molecular weight is 316 g/mol. The highest BCUT2D eigenvalue weighted by Crippen LogP contribution is 2.41. The van der Waals surface area contributed by atoms with Crippen LogP contribution in [0.3, 0.4) is 0 Å². The molecular formula is C17H24N4O2. The van der Waals surface area contributed by atoms with Crippen molar-refractivity contribution in [3.8, 4) is 0 Å². The highest BCUT2D eigenvalue weighted by Gasteiger charge is 2.42. The molecule has 0 radical (unpaired) electrons. The third-order valence-electron chi connectivity index (χ3n) is 5.28. The van der Waals surface area contributed by atoms with Crippen molar-refractivity contribution < 1.29 is 9.59 Å². The Morgan fingerprint density at radius 3 is 2.52 bits per heavy atom. The smallest absolute Gasteiger partial charge is 0.268 e. The van der Waals surface area contributed by atoms with Gasteiger partial charge in [0.15, 0.2) is 0 Å². The maximum Gasteiger partial charge on any atom is 0.268 e. The number of hydrogen-bond acceptors (Lipinski definition) is 3. The highest BCUT2D eigenvalue weighted by atomic mass is 16.2. The molecule has 2 amide bonds. The molecule has 124 valence electrons. The summed E-state index contributed by atoms with van der Waals surface area (Å²) in [5.41, 5.74) is 5.62. The Hall–Kier alpha value is -1.85. The van der Waals surface area contributed by atoms with Gasteiger partial charge in [0.25, 0.3) is 5.91 Å².